The van der Waals surface area contributed by atoms with Crippen molar-refractivity contribution in [2.24, 2.45) is 0 Å². The predicted octanol–water partition coefficient (Wildman–Crippen LogP) is 5.96. The minimum Gasteiger partial charge on any atom is -0.388 e. The van der Waals surface area contributed by atoms with Crippen LogP contribution < -0.4 is 16.0 Å². The van der Waals surface area contributed by atoms with Crippen molar-refractivity contribution in [3.63, 3.8) is 0 Å². The Morgan fingerprint density at radius 1 is 0.943 bits per heavy atom. The number of benzene rings is 1. The lowest BCUT2D eigenvalue weighted by molar-refractivity contribution is -0.0361. The van der Waals surface area contributed by atoms with Crippen LogP contribution in [0.4, 0.5) is 45.2 Å². The molecule has 3 N–H and O–H groups in total. The number of hydrogen-bond acceptors (Lipinski definition) is 7. The summed E-state index contributed by atoms with van der Waals surface area (Å²) < 4.78 is 68.8. The van der Waals surface area contributed by atoms with E-state index in [4.69, 9.17) is 0 Å². The van der Waals surface area contributed by atoms with Crippen LogP contribution >= 0.6 is 0 Å². The van der Waals surface area contributed by atoms with Gasteiger partial charge in [-0.3, -0.25) is 0 Å². The van der Waals surface area contributed by atoms with Gasteiger partial charge in [0.1, 0.15) is 17.2 Å². The molecule has 1 aromatic carbocycles. The number of halogens is 5. The second-order valence-electron chi connectivity index (χ2n) is 8.48. The monoisotopic (exact) mass is 493 g/mol. The molecule has 0 unspecified atom stereocenters. The maximum atomic E-state index is 14.0. The van der Waals surface area contributed by atoms with Crippen LogP contribution in [-0.4, -0.2) is 38.9 Å². The molecule has 186 valence electrons. The summed E-state index contributed by atoms with van der Waals surface area (Å²) in [7, 11) is 1.64. The van der Waals surface area contributed by atoms with Gasteiger partial charge in [-0.2, -0.15) is 23.7 Å². The van der Waals surface area contributed by atoms with E-state index in [2.05, 4.69) is 35.9 Å². The summed E-state index contributed by atoms with van der Waals surface area (Å²) in [5.74, 6) is -6.33. The highest BCUT2D eigenvalue weighted by Gasteiger charge is 2.35. The first-order valence-corrected chi connectivity index (χ1v) is 11.0. The standard InChI is InChI=1S/C23H24F5N7/c1-22(25,26)18-5-3-4-17(32-18)19-33-20(30-14-6-8-23(27,28)9-7-14)35-21(34-19)31-16-11-13(24)10-15(12-16)29-2/h3-5,10-12,14,29H,6-9H2,1-2H3,(H2,30,31,33,34,35). The van der Waals surface area contributed by atoms with Gasteiger partial charge >= 0.3 is 0 Å². The molecule has 0 amide bonds. The van der Waals surface area contributed by atoms with Crippen LogP contribution in [0.2, 0.25) is 0 Å². The highest BCUT2D eigenvalue weighted by atomic mass is 19.3. The normalized spacial score (nSPS) is 16.1. The van der Waals surface area contributed by atoms with Crippen LogP contribution in [0.5, 0.6) is 0 Å². The van der Waals surface area contributed by atoms with E-state index >= 15 is 0 Å². The minimum absolute atomic E-state index is 0.00162. The molecule has 2 heterocycles. The molecule has 1 saturated carbocycles. The smallest absolute Gasteiger partial charge is 0.286 e. The van der Waals surface area contributed by atoms with E-state index in [1.807, 2.05) is 0 Å². The maximum Gasteiger partial charge on any atom is 0.286 e. The summed E-state index contributed by atoms with van der Waals surface area (Å²) in [6, 6.07) is 7.93. The third-order valence-electron chi connectivity index (χ3n) is 5.56. The highest BCUT2D eigenvalue weighted by Crippen LogP contribution is 2.34. The Kier molecular flexibility index (Phi) is 6.73. The molecule has 0 aliphatic heterocycles. The van der Waals surface area contributed by atoms with Crippen LogP contribution in [0.25, 0.3) is 11.5 Å². The van der Waals surface area contributed by atoms with Gasteiger partial charge in [-0.25, -0.2) is 18.2 Å². The molecule has 7 nitrogen and oxygen atoms in total. The summed E-state index contributed by atoms with van der Waals surface area (Å²) in [5.41, 5.74) is 0.444. The maximum absolute atomic E-state index is 14.0. The van der Waals surface area contributed by atoms with Gasteiger partial charge in [-0.05, 0) is 43.2 Å². The molecule has 1 aliphatic rings. The van der Waals surface area contributed by atoms with Gasteiger partial charge in [-0.1, -0.05) is 6.07 Å². The number of anilines is 4. The third kappa shape index (κ3) is 6.31. The largest absolute Gasteiger partial charge is 0.388 e. The van der Waals surface area contributed by atoms with Crippen molar-refractivity contribution in [2.75, 3.05) is 23.0 Å². The van der Waals surface area contributed by atoms with Gasteiger partial charge in [0.15, 0.2) is 5.82 Å². The Morgan fingerprint density at radius 2 is 1.63 bits per heavy atom. The SMILES string of the molecule is CNc1cc(F)cc(Nc2nc(NC3CCC(F)(F)CC3)nc(-c3cccc(C(C)(F)F)n3)n2)c1. The van der Waals surface area contributed by atoms with Crippen LogP contribution in [0.15, 0.2) is 36.4 Å². The second kappa shape index (κ2) is 9.59. The number of nitrogens with zero attached hydrogens (tertiary/aromatic N) is 4. The van der Waals surface area contributed by atoms with Gasteiger partial charge in [0.05, 0.1) is 0 Å². The zero-order valence-corrected chi connectivity index (χ0v) is 19.0. The number of nitrogens with one attached hydrogen (secondary N) is 3. The van der Waals surface area contributed by atoms with Crippen LogP contribution in [0.1, 0.15) is 38.3 Å². The van der Waals surface area contributed by atoms with E-state index in [1.54, 1.807) is 13.1 Å². The van der Waals surface area contributed by atoms with Crippen molar-refractivity contribution in [1.82, 2.24) is 19.9 Å². The van der Waals surface area contributed by atoms with Crippen molar-refractivity contribution >= 4 is 23.3 Å². The molecule has 0 bridgehead atoms. The lowest BCUT2D eigenvalue weighted by Crippen LogP contribution is -2.32. The van der Waals surface area contributed by atoms with Gasteiger partial charge in [0, 0.05) is 44.2 Å². The molecule has 0 saturated heterocycles. The number of aromatic nitrogens is 4. The van der Waals surface area contributed by atoms with Gasteiger partial charge < -0.3 is 16.0 Å². The molecule has 2 aromatic heterocycles. The molecule has 0 spiro atoms. The van der Waals surface area contributed by atoms with E-state index in [0.717, 1.165) is 6.92 Å². The zero-order chi connectivity index (χ0) is 25.2. The lowest BCUT2D eigenvalue weighted by Gasteiger charge is -2.28. The first kappa shape index (κ1) is 24.6. The van der Waals surface area contributed by atoms with E-state index in [0.29, 0.717) is 11.4 Å². The summed E-state index contributed by atoms with van der Waals surface area (Å²) in [6.07, 6.45) is -0.109. The fraction of sp³-hybridized carbons (Fsp3) is 0.391. The molecule has 35 heavy (non-hydrogen) atoms. The van der Waals surface area contributed by atoms with Crippen LogP contribution in [0, 0.1) is 5.82 Å². The average molecular weight is 493 g/mol. The Labute approximate surface area is 198 Å². The Hall–Kier alpha value is -3.57. The molecule has 0 radical (unpaired) electrons. The number of alkyl halides is 4. The topological polar surface area (TPSA) is 87.7 Å². The predicted molar refractivity (Wildman–Crippen MR) is 123 cm³/mol. The van der Waals surface area contributed by atoms with Crippen molar-refractivity contribution in [1.29, 1.82) is 0 Å². The van der Waals surface area contributed by atoms with Crippen molar-refractivity contribution in [3.8, 4) is 11.5 Å². The van der Waals surface area contributed by atoms with Gasteiger partial charge in [-0.15, -0.1) is 0 Å². The van der Waals surface area contributed by atoms with Gasteiger partial charge in [0.25, 0.3) is 5.92 Å². The molecule has 4 rings (SSSR count). The highest BCUT2D eigenvalue weighted by molar-refractivity contribution is 5.63. The molecule has 0 atom stereocenters. The van der Waals surface area contributed by atoms with Crippen molar-refractivity contribution in [3.05, 3.63) is 47.9 Å². The second-order valence-corrected chi connectivity index (χ2v) is 8.48. The fourth-order valence-electron chi connectivity index (χ4n) is 3.72. The summed E-state index contributed by atoms with van der Waals surface area (Å²) in [5, 5.41) is 8.76. The molecule has 1 aliphatic carbocycles. The first-order valence-electron chi connectivity index (χ1n) is 11.0. The molecular formula is C23H24F5N7. The van der Waals surface area contributed by atoms with Crippen molar-refractivity contribution in [2.45, 2.75) is 50.5 Å². The fourth-order valence-corrected chi connectivity index (χ4v) is 3.72. The Balaban J connectivity index is 1.69. The lowest BCUT2D eigenvalue weighted by atomic mass is 9.92. The van der Waals surface area contributed by atoms with E-state index in [9.17, 15) is 22.0 Å². The van der Waals surface area contributed by atoms with Crippen molar-refractivity contribution < 1.29 is 22.0 Å². The van der Waals surface area contributed by atoms with E-state index in [1.165, 1.54) is 30.3 Å². The summed E-state index contributed by atoms with van der Waals surface area (Å²) >= 11 is 0. The summed E-state index contributed by atoms with van der Waals surface area (Å²) in [6.45, 7) is 0.731. The van der Waals surface area contributed by atoms with Crippen LogP contribution in [0.3, 0.4) is 0 Å². The third-order valence-corrected chi connectivity index (χ3v) is 5.56. The molecule has 12 heteroatoms. The molecule has 3 aromatic rings. The minimum atomic E-state index is -3.18. The first-order chi connectivity index (χ1) is 16.5. The average Bonchev–Trinajstić information content (AvgIpc) is 2.79. The zero-order valence-electron chi connectivity index (χ0n) is 19.0. The Morgan fingerprint density at radius 3 is 2.31 bits per heavy atom. The quantitative estimate of drug-likeness (QED) is 0.350. The number of pyridine rings is 1. The summed E-state index contributed by atoms with van der Waals surface area (Å²) in [4.78, 5) is 16.8. The van der Waals surface area contributed by atoms with E-state index in [-0.39, 0.29) is 55.1 Å². The number of rotatable bonds is 7. The molecule has 1 fully saturated rings. The number of hydrogen-bond donors (Lipinski definition) is 3. The van der Waals surface area contributed by atoms with Gasteiger partial charge in [0.2, 0.25) is 17.8 Å². The van der Waals surface area contributed by atoms with E-state index < -0.39 is 23.4 Å². The molecular weight excluding hydrogens is 469 g/mol. The Bertz CT molecular complexity index is 1190. The van der Waals surface area contributed by atoms with Crippen LogP contribution in [-0.2, 0) is 5.92 Å².